The maximum atomic E-state index is 10.8. The molecule has 0 aliphatic rings. The van der Waals surface area contributed by atoms with Gasteiger partial charge in [-0.1, -0.05) is 0 Å². The Hall–Kier alpha value is -2.11. The van der Waals surface area contributed by atoms with Crippen LogP contribution in [0, 0.1) is 0 Å². The Morgan fingerprint density at radius 1 is 1.21 bits per heavy atom. The Bertz CT molecular complexity index is 357. The van der Waals surface area contributed by atoms with Crippen LogP contribution in [0.25, 0.3) is 0 Å². The van der Waals surface area contributed by atoms with Crippen molar-refractivity contribution in [1.82, 2.24) is 4.98 Å². The lowest BCUT2D eigenvalue weighted by atomic mass is 10.2. The van der Waals surface area contributed by atoms with Crippen LogP contribution in [-0.2, 0) is 0 Å². The Labute approximate surface area is 79.9 Å². The molecule has 0 saturated heterocycles. The highest BCUT2D eigenvalue weighted by Crippen LogP contribution is 2.13. The first kappa shape index (κ1) is 9.97. The number of amides is 2. The summed E-state index contributed by atoms with van der Waals surface area (Å²) in [5.41, 5.74) is 9.88. The summed E-state index contributed by atoms with van der Waals surface area (Å²) in [6.45, 7) is 0. The highest BCUT2D eigenvalue weighted by atomic mass is 16.5. The number of hydrogen-bond acceptors (Lipinski definition) is 4. The lowest BCUT2D eigenvalue weighted by Crippen LogP contribution is -2.18. The zero-order valence-corrected chi connectivity index (χ0v) is 7.48. The van der Waals surface area contributed by atoms with Gasteiger partial charge < -0.3 is 16.2 Å². The van der Waals surface area contributed by atoms with Gasteiger partial charge in [-0.25, -0.2) is 4.98 Å². The highest BCUT2D eigenvalue weighted by Gasteiger charge is 2.10. The second-order valence-corrected chi connectivity index (χ2v) is 2.51. The van der Waals surface area contributed by atoms with Crippen LogP contribution in [0.15, 0.2) is 12.1 Å². The van der Waals surface area contributed by atoms with Gasteiger partial charge in [0.25, 0.3) is 11.8 Å². The average Bonchev–Trinajstić information content (AvgIpc) is 2.16. The minimum absolute atomic E-state index is 0.0573. The lowest BCUT2D eigenvalue weighted by Gasteiger charge is -2.03. The first-order valence-electron chi connectivity index (χ1n) is 3.70. The van der Waals surface area contributed by atoms with Crippen molar-refractivity contribution in [1.29, 1.82) is 0 Å². The SMILES string of the molecule is COc1cc(C(N)=O)nc(C(N)=O)c1. The van der Waals surface area contributed by atoms with E-state index < -0.39 is 11.8 Å². The van der Waals surface area contributed by atoms with Crippen molar-refractivity contribution in [3.05, 3.63) is 23.5 Å². The zero-order chi connectivity index (χ0) is 10.7. The van der Waals surface area contributed by atoms with Crippen LogP contribution in [0.4, 0.5) is 0 Å². The molecule has 6 nitrogen and oxygen atoms in total. The third-order valence-corrected chi connectivity index (χ3v) is 1.54. The van der Waals surface area contributed by atoms with E-state index in [1.54, 1.807) is 0 Å². The summed E-state index contributed by atoms with van der Waals surface area (Å²) >= 11 is 0. The number of carbonyl (C=O) groups is 2. The molecule has 1 aromatic rings. The first-order chi connectivity index (χ1) is 6.54. The number of ether oxygens (including phenoxy) is 1. The van der Waals surface area contributed by atoms with E-state index in [-0.39, 0.29) is 11.4 Å². The fourth-order valence-electron chi connectivity index (χ4n) is 0.876. The van der Waals surface area contributed by atoms with Gasteiger partial charge in [-0.2, -0.15) is 0 Å². The number of carbonyl (C=O) groups excluding carboxylic acids is 2. The summed E-state index contributed by atoms with van der Waals surface area (Å²) in [5.74, 6) is -1.18. The molecule has 0 unspecified atom stereocenters. The minimum Gasteiger partial charge on any atom is -0.497 e. The Morgan fingerprint density at radius 3 is 1.93 bits per heavy atom. The van der Waals surface area contributed by atoms with Crippen LogP contribution in [0.2, 0.25) is 0 Å². The van der Waals surface area contributed by atoms with Gasteiger partial charge in [-0.3, -0.25) is 9.59 Å². The van der Waals surface area contributed by atoms with E-state index in [2.05, 4.69) is 4.98 Å². The smallest absolute Gasteiger partial charge is 0.267 e. The van der Waals surface area contributed by atoms with Crippen LogP contribution >= 0.6 is 0 Å². The summed E-state index contributed by atoms with van der Waals surface area (Å²) in [5, 5.41) is 0. The molecule has 0 aliphatic heterocycles. The first-order valence-corrected chi connectivity index (χ1v) is 3.70. The van der Waals surface area contributed by atoms with Crippen LogP contribution in [-0.4, -0.2) is 23.9 Å². The molecular weight excluding hydrogens is 186 g/mol. The summed E-state index contributed by atoms with van der Waals surface area (Å²) < 4.78 is 4.84. The second-order valence-electron chi connectivity index (χ2n) is 2.51. The van der Waals surface area contributed by atoms with E-state index in [9.17, 15) is 9.59 Å². The molecule has 14 heavy (non-hydrogen) atoms. The molecule has 0 aromatic carbocycles. The van der Waals surface area contributed by atoms with Gasteiger partial charge in [0.15, 0.2) is 0 Å². The summed E-state index contributed by atoms with van der Waals surface area (Å²) in [7, 11) is 1.39. The van der Waals surface area contributed by atoms with E-state index >= 15 is 0 Å². The topological polar surface area (TPSA) is 108 Å². The standard InChI is InChI=1S/C8H9N3O3/c1-14-4-2-5(7(9)12)11-6(3-4)8(10)13/h2-3H,1H3,(H2,9,12)(H2,10,13). The largest absolute Gasteiger partial charge is 0.497 e. The third-order valence-electron chi connectivity index (χ3n) is 1.54. The molecule has 4 N–H and O–H groups in total. The monoisotopic (exact) mass is 195 g/mol. The van der Waals surface area contributed by atoms with Gasteiger partial charge in [-0.15, -0.1) is 0 Å². The van der Waals surface area contributed by atoms with E-state index in [0.29, 0.717) is 5.75 Å². The number of hydrogen-bond donors (Lipinski definition) is 2. The molecule has 0 radical (unpaired) electrons. The number of rotatable bonds is 3. The average molecular weight is 195 g/mol. The summed E-state index contributed by atoms with van der Waals surface area (Å²) in [4.78, 5) is 25.2. The van der Waals surface area contributed by atoms with Crippen LogP contribution in [0.3, 0.4) is 0 Å². The van der Waals surface area contributed by atoms with Gasteiger partial charge in [0.2, 0.25) is 0 Å². The Kier molecular flexibility index (Phi) is 2.66. The van der Waals surface area contributed by atoms with E-state index in [4.69, 9.17) is 16.2 Å². The number of primary amides is 2. The second kappa shape index (κ2) is 3.73. The number of pyridine rings is 1. The molecule has 74 valence electrons. The van der Waals surface area contributed by atoms with Crippen LogP contribution in [0.1, 0.15) is 21.0 Å². The molecule has 0 fully saturated rings. The quantitative estimate of drug-likeness (QED) is 0.663. The molecule has 6 heteroatoms. The zero-order valence-electron chi connectivity index (χ0n) is 7.48. The summed E-state index contributed by atoms with van der Waals surface area (Å²) in [6.07, 6.45) is 0. The molecule has 0 aliphatic carbocycles. The van der Waals surface area contributed by atoms with Gasteiger partial charge in [0.05, 0.1) is 7.11 Å². The Balaban J connectivity index is 3.27. The molecule has 1 rings (SSSR count). The van der Waals surface area contributed by atoms with Crippen LogP contribution < -0.4 is 16.2 Å². The molecule has 1 aromatic heterocycles. The van der Waals surface area contributed by atoms with Crippen molar-refractivity contribution in [2.24, 2.45) is 11.5 Å². The van der Waals surface area contributed by atoms with E-state index in [1.165, 1.54) is 19.2 Å². The van der Waals surface area contributed by atoms with E-state index in [1.807, 2.05) is 0 Å². The van der Waals surface area contributed by atoms with Gasteiger partial charge in [0.1, 0.15) is 17.1 Å². The predicted molar refractivity (Wildman–Crippen MR) is 47.8 cm³/mol. The molecule has 0 atom stereocenters. The fraction of sp³-hybridized carbons (Fsp3) is 0.125. The molecular formula is C8H9N3O3. The maximum absolute atomic E-state index is 10.8. The van der Waals surface area contributed by atoms with Crippen LogP contribution in [0.5, 0.6) is 5.75 Å². The van der Waals surface area contributed by atoms with E-state index in [0.717, 1.165) is 0 Å². The van der Waals surface area contributed by atoms with Crippen molar-refractivity contribution in [3.8, 4) is 5.75 Å². The lowest BCUT2D eigenvalue weighted by molar-refractivity contribution is 0.0991. The van der Waals surface area contributed by atoms with Crippen molar-refractivity contribution in [3.63, 3.8) is 0 Å². The highest BCUT2D eigenvalue weighted by molar-refractivity contribution is 5.95. The number of aromatic nitrogens is 1. The fourth-order valence-corrected chi connectivity index (χ4v) is 0.876. The van der Waals surface area contributed by atoms with Gasteiger partial charge in [-0.05, 0) is 0 Å². The normalized spacial score (nSPS) is 9.50. The van der Waals surface area contributed by atoms with Crippen molar-refractivity contribution in [2.75, 3.05) is 7.11 Å². The van der Waals surface area contributed by atoms with Gasteiger partial charge in [0, 0.05) is 12.1 Å². The number of methoxy groups -OCH3 is 1. The predicted octanol–water partition coefficient (Wildman–Crippen LogP) is -0.712. The minimum atomic E-state index is -0.744. The molecule has 0 bridgehead atoms. The van der Waals surface area contributed by atoms with Crippen molar-refractivity contribution in [2.45, 2.75) is 0 Å². The molecule has 2 amide bonds. The van der Waals surface area contributed by atoms with Crippen molar-refractivity contribution < 1.29 is 14.3 Å². The number of nitrogens with zero attached hydrogens (tertiary/aromatic N) is 1. The van der Waals surface area contributed by atoms with Gasteiger partial charge >= 0.3 is 0 Å². The maximum Gasteiger partial charge on any atom is 0.267 e. The summed E-state index contributed by atoms with van der Waals surface area (Å²) in [6, 6.07) is 2.66. The molecule has 0 saturated carbocycles. The third kappa shape index (κ3) is 1.98. The number of nitrogens with two attached hydrogens (primary N) is 2. The molecule has 0 spiro atoms. The molecule has 1 heterocycles. The van der Waals surface area contributed by atoms with Crippen molar-refractivity contribution >= 4 is 11.8 Å². The Morgan fingerprint density at radius 2 is 1.64 bits per heavy atom.